The van der Waals surface area contributed by atoms with Gasteiger partial charge in [-0.25, -0.2) is 9.37 Å². The van der Waals surface area contributed by atoms with E-state index in [-0.39, 0.29) is 11.9 Å². The Hall–Kier alpha value is -2.95. The zero-order chi connectivity index (χ0) is 18.4. The van der Waals surface area contributed by atoms with Crippen LogP contribution < -0.4 is 10.6 Å². The maximum Gasteiger partial charge on any atom is 0.225 e. The maximum atomic E-state index is 13.8. The number of hydrogen-bond acceptors (Lipinski definition) is 4. The van der Waals surface area contributed by atoms with E-state index in [1.54, 1.807) is 12.1 Å². The number of rotatable bonds is 7. The molecule has 0 saturated heterocycles. The average molecular weight is 350 g/mol. The molecular weight excluding hydrogens is 327 g/mol. The summed E-state index contributed by atoms with van der Waals surface area (Å²) >= 11 is 0. The number of hydrogen-bond donors (Lipinski definition) is 2. The SMILES string of the molecule is CC[C@@H](C)Nc1nc(NCc2ccccc2F)cc(-c2ccccc2)n1. The first kappa shape index (κ1) is 17.9. The summed E-state index contributed by atoms with van der Waals surface area (Å²) in [5.74, 6) is 1.000. The van der Waals surface area contributed by atoms with E-state index in [9.17, 15) is 4.39 Å². The van der Waals surface area contributed by atoms with Crippen molar-refractivity contribution in [1.82, 2.24) is 9.97 Å². The summed E-state index contributed by atoms with van der Waals surface area (Å²) in [6.07, 6.45) is 0.969. The van der Waals surface area contributed by atoms with Crippen molar-refractivity contribution in [2.75, 3.05) is 10.6 Å². The van der Waals surface area contributed by atoms with Crippen LogP contribution in [-0.4, -0.2) is 16.0 Å². The van der Waals surface area contributed by atoms with Crippen LogP contribution in [0, 0.1) is 5.82 Å². The van der Waals surface area contributed by atoms with Gasteiger partial charge in [0.1, 0.15) is 11.6 Å². The van der Waals surface area contributed by atoms with Crippen LogP contribution in [0.1, 0.15) is 25.8 Å². The lowest BCUT2D eigenvalue weighted by atomic mass is 10.1. The molecule has 1 aromatic heterocycles. The van der Waals surface area contributed by atoms with Gasteiger partial charge in [0.2, 0.25) is 5.95 Å². The van der Waals surface area contributed by atoms with Crippen molar-refractivity contribution in [2.45, 2.75) is 32.9 Å². The Morgan fingerprint density at radius 1 is 1.00 bits per heavy atom. The first-order valence-corrected chi connectivity index (χ1v) is 8.84. The molecule has 3 aromatic rings. The van der Waals surface area contributed by atoms with E-state index >= 15 is 0 Å². The Bertz CT molecular complexity index is 852. The normalized spacial score (nSPS) is 11.8. The minimum absolute atomic E-state index is 0.227. The number of nitrogens with one attached hydrogen (secondary N) is 2. The van der Waals surface area contributed by atoms with Crippen LogP contribution in [0.25, 0.3) is 11.3 Å². The van der Waals surface area contributed by atoms with Crippen molar-refractivity contribution in [2.24, 2.45) is 0 Å². The maximum absolute atomic E-state index is 13.8. The van der Waals surface area contributed by atoms with Crippen molar-refractivity contribution < 1.29 is 4.39 Å². The first-order chi connectivity index (χ1) is 12.7. The van der Waals surface area contributed by atoms with Gasteiger partial charge in [0, 0.05) is 29.8 Å². The summed E-state index contributed by atoms with van der Waals surface area (Å²) in [6.45, 7) is 4.56. The minimum Gasteiger partial charge on any atom is -0.366 e. The third-order valence-corrected chi connectivity index (χ3v) is 4.20. The molecule has 2 aromatic carbocycles. The molecule has 26 heavy (non-hydrogen) atoms. The first-order valence-electron chi connectivity index (χ1n) is 8.84. The molecule has 0 aliphatic heterocycles. The second kappa shape index (κ2) is 8.43. The molecule has 0 unspecified atom stereocenters. The molecule has 0 aliphatic rings. The Balaban J connectivity index is 1.88. The lowest BCUT2D eigenvalue weighted by molar-refractivity contribution is 0.613. The van der Waals surface area contributed by atoms with E-state index in [0.717, 1.165) is 17.7 Å². The quantitative estimate of drug-likeness (QED) is 0.622. The highest BCUT2D eigenvalue weighted by Gasteiger charge is 2.09. The van der Waals surface area contributed by atoms with E-state index in [0.29, 0.717) is 23.9 Å². The molecule has 5 heteroatoms. The van der Waals surface area contributed by atoms with Gasteiger partial charge in [0.05, 0.1) is 5.69 Å². The summed E-state index contributed by atoms with van der Waals surface area (Å²) < 4.78 is 13.8. The number of aromatic nitrogens is 2. The Kier molecular flexibility index (Phi) is 5.79. The Morgan fingerprint density at radius 2 is 1.73 bits per heavy atom. The molecule has 0 saturated carbocycles. The second-order valence-electron chi connectivity index (χ2n) is 6.23. The number of halogens is 1. The van der Waals surface area contributed by atoms with Gasteiger partial charge in [-0.2, -0.15) is 4.98 Å². The summed E-state index contributed by atoms with van der Waals surface area (Å²) in [6, 6.07) is 18.8. The predicted molar refractivity (Wildman–Crippen MR) is 105 cm³/mol. The molecule has 0 bridgehead atoms. The molecule has 2 N–H and O–H groups in total. The monoisotopic (exact) mass is 350 g/mol. The molecule has 1 atom stereocenters. The van der Waals surface area contributed by atoms with E-state index < -0.39 is 0 Å². The van der Waals surface area contributed by atoms with Crippen molar-refractivity contribution >= 4 is 11.8 Å². The molecule has 134 valence electrons. The standard InChI is InChI=1S/C21H23FN4/c1-3-15(2)24-21-25-19(16-9-5-4-6-10-16)13-20(26-21)23-14-17-11-7-8-12-18(17)22/h4-13,15H,3,14H2,1-2H3,(H2,23,24,25,26)/t15-/m1/s1. The van der Waals surface area contributed by atoms with E-state index in [2.05, 4.69) is 34.4 Å². The highest BCUT2D eigenvalue weighted by molar-refractivity contribution is 5.64. The van der Waals surface area contributed by atoms with Crippen LogP contribution in [0.2, 0.25) is 0 Å². The van der Waals surface area contributed by atoms with Crippen LogP contribution >= 0.6 is 0 Å². The van der Waals surface area contributed by atoms with Gasteiger partial charge in [0.25, 0.3) is 0 Å². The summed E-state index contributed by atoms with van der Waals surface area (Å²) in [5, 5.41) is 6.53. The lowest BCUT2D eigenvalue weighted by Crippen LogP contribution is -2.16. The molecular formula is C21H23FN4. The predicted octanol–water partition coefficient (Wildman–Crippen LogP) is 5.11. The zero-order valence-corrected chi connectivity index (χ0v) is 15.0. The van der Waals surface area contributed by atoms with Crippen molar-refractivity contribution in [3.63, 3.8) is 0 Å². The largest absolute Gasteiger partial charge is 0.366 e. The summed E-state index contributed by atoms with van der Waals surface area (Å²) in [5.41, 5.74) is 2.43. The average Bonchev–Trinajstić information content (AvgIpc) is 2.68. The highest BCUT2D eigenvalue weighted by Crippen LogP contribution is 2.22. The number of nitrogens with zero attached hydrogens (tertiary/aromatic N) is 2. The molecule has 0 fully saturated rings. The molecule has 0 aliphatic carbocycles. The van der Waals surface area contributed by atoms with Gasteiger partial charge in [-0.3, -0.25) is 0 Å². The summed E-state index contributed by atoms with van der Waals surface area (Å²) in [4.78, 5) is 9.16. The number of benzene rings is 2. The second-order valence-corrected chi connectivity index (χ2v) is 6.23. The molecule has 4 nitrogen and oxygen atoms in total. The van der Waals surface area contributed by atoms with E-state index in [1.165, 1.54) is 6.07 Å². The van der Waals surface area contributed by atoms with Crippen LogP contribution in [0.15, 0.2) is 60.7 Å². The molecule has 0 amide bonds. The van der Waals surface area contributed by atoms with Gasteiger partial charge >= 0.3 is 0 Å². The van der Waals surface area contributed by atoms with Gasteiger partial charge < -0.3 is 10.6 Å². The fourth-order valence-electron chi connectivity index (χ4n) is 2.51. The van der Waals surface area contributed by atoms with Crippen molar-refractivity contribution in [1.29, 1.82) is 0 Å². The van der Waals surface area contributed by atoms with Crippen LogP contribution in [0.5, 0.6) is 0 Å². The minimum atomic E-state index is -0.227. The molecule has 0 spiro atoms. The molecule has 1 heterocycles. The third-order valence-electron chi connectivity index (χ3n) is 4.20. The fraction of sp³-hybridized carbons (Fsp3) is 0.238. The third kappa shape index (κ3) is 4.57. The van der Waals surface area contributed by atoms with Crippen molar-refractivity contribution in [3.05, 3.63) is 72.0 Å². The number of anilines is 2. The van der Waals surface area contributed by atoms with Gasteiger partial charge in [-0.15, -0.1) is 0 Å². The topological polar surface area (TPSA) is 49.8 Å². The van der Waals surface area contributed by atoms with Crippen LogP contribution in [0.3, 0.4) is 0 Å². The van der Waals surface area contributed by atoms with Crippen LogP contribution in [-0.2, 0) is 6.54 Å². The molecule has 0 radical (unpaired) electrons. The van der Waals surface area contributed by atoms with Gasteiger partial charge in [-0.1, -0.05) is 55.5 Å². The van der Waals surface area contributed by atoms with Crippen LogP contribution in [0.4, 0.5) is 16.2 Å². The van der Waals surface area contributed by atoms with Gasteiger partial charge in [-0.05, 0) is 19.4 Å². The fourth-order valence-corrected chi connectivity index (χ4v) is 2.51. The smallest absolute Gasteiger partial charge is 0.225 e. The van der Waals surface area contributed by atoms with E-state index in [1.807, 2.05) is 42.5 Å². The highest BCUT2D eigenvalue weighted by atomic mass is 19.1. The summed E-state index contributed by atoms with van der Waals surface area (Å²) in [7, 11) is 0. The van der Waals surface area contributed by atoms with Gasteiger partial charge in [0.15, 0.2) is 0 Å². The lowest BCUT2D eigenvalue weighted by Gasteiger charge is -2.15. The Morgan fingerprint density at radius 3 is 2.46 bits per heavy atom. The zero-order valence-electron chi connectivity index (χ0n) is 15.0. The van der Waals surface area contributed by atoms with Crippen molar-refractivity contribution in [3.8, 4) is 11.3 Å². The molecule has 3 rings (SSSR count). The Labute approximate surface area is 153 Å². The van der Waals surface area contributed by atoms with E-state index in [4.69, 9.17) is 0 Å².